The standard InChI is InChI=1S/C12H15FN2O4S/c1-8-6-9(13)2-3-10(8)20(18,19)15-5-4-12(14,7-15)11(16)17/h2-3,6H,4-5,7,14H2,1H3,(H,16,17). The summed E-state index contributed by atoms with van der Waals surface area (Å²) < 4.78 is 38.9. The van der Waals surface area contributed by atoms with Crippen molar-refractivity contribution < 1.29 is 22.7 Å². The van der Waals surface area contributed by atoms with Crippen molar-refractivity contribution in [1.82, 2.24) is 4.31 Å². The number of carbonyl (C=O) groups is 1. The zero-order valence-corrected chi connectivity index (χ0v) is 11.7. The van der Waals surface area contributed by atoms with Crippen LogP contribution in [0.4, 0.5) is 4.39 Å². The maximum atomic E-state index is 13.0. The smallest absolute Gasteiger partial charge is 0.325 e. The Labute approximate surface area is 116 Å². The van der Waals surface area contributed by atoms with Crippen LogP contribution in [0.5, 0.6) is 0 Å². The van der Waals surface area contributed by atoms with Crippen LogP contribution in [0.15, 0.2) is 23.1 Å². The summed E-state index contributed by atoms with van der Waals surface area (Å²) in [6.45, 7) is 1.22. The van der Waals surface area contributed by atoms with Gasteiger partial charge in [-0.1, -0.05) is 0 Å². The fourth-order valence-corrected chi connectivity index (χ4v) is 3.93. The second-order valence-electron chi connectivity index (χ2n) is 4.96. The molecule has 8 heteroatoms. The highest BCUT2D eigenvalue weighted by molar-refractivity contribution is 7.89. The molecule has 0 spiro atoms. The minimum absolute atomic E-state index is 0.0297. The predicted octanol–water partition coefficient (Wildman–Crippen LogP) is 0.311. The number of benzene rings is 1. The fourth-order valence-electron chi connectivity index (χ4n) is 2.22. The van der Waals surface area contributed by atoms with E-state index in [1.807, 2.05) is 0 Å². The quantitative estimate of drug-likeness (QED) is 0.837. The summed E-state index contributed by atoms with van der Waals surface area (Å²) in [5.74, 6) is -1.76. The number of nitrogens with zero attached hydrogens (tertiary/aromatic N) is 1. The molecule has 0 saturated carbocycles. The van der Waals surface area contributed by atoms with E-state index < -0.39 is 27.3 Å². The molecule has 1 saturated heterocycles. The van der Waals surface area contributed by atoms with Gasteiger partial charge >= 0.3 is 5.97 Å². The molecule has 0 radical (unpaired) electrons. The lowest BCUT2D eigenvalue weighted by molar-refractivity contribution is -0.142. The van der Waals surface area contributed by atoms with Gasteiger partial charge in [-0.25, -0.2) is 12.8 Å². The van der Waals surface area contributed by atoms with Gasteiger partial charge in [-0.15, -0.1) is 0 Å². The van der Waals surface area contributed by atoms with Gasteiger partial charge in [0.1, 0.15) is 11.4 Å². The first-order chi connectivity index (χ1) is 9.17. The summed E-state index contributed by atoms with van der Waals surface area (Å²) in [5, 5.41) is 9.02. The molecule has 110 valence electrons. The van der Waals surface area contributed by atoms with Crippen molar-refractivity contribution in [2.75, 3.05) is 13.1 Å². The van der Waals surface area contributed by atoms with Gasteiger partial charge < -0.3 is 10.8 Å². The number of carboxylic acids is 1. The van der Waals surface area contributed by atoms with Crippen LogP contribution >= 0.6 is 0 Å². The lowest BCUT2D eigenvalue weighted by Gasteiger charge is -2.20. The molecule has 20 heavy (non-hydrogen) atoms. The molecule has 1 aliphatic rings. The molecule has 1 heterocycles. The van der Waals surface area contributed by atoms with Crippen LogP contribution in [0, 0.1) is 12.7 Å². The first-order valence-electron chi connectivity index (χ1n) is 5.95. The molecule has 1 aromatic carbocycles. The SMILES string of the molecule is Cc1cc(F)ccc1S(=O)(=O)N1CCC(N)(C(=O)O)C1. The molecule has 3 N–H and O–H groups in total. The number of aliphatic carboxylic acids is 1. The molecule has 1 aromatic rings. The third-order valence-electron chi connectivity index (χ3n) is 3.45. The van der Waals surface area contributed by atoms with Gasteiger partial charge in [0, 0.05) is 13.1 Å². The molecular weight excluding hydrogens is 287 g/mol. The number of rotatable bonds is 3. The Kier molecular flexibility index (Phi) is 3.57. The van der Waals surface area contributed by atoms with Crippen LogP contribution in [0.1, 0.15) is 12.0 Å². The van der Waals surface area contributed by atoms with Crippen molar-refractivity contribution in [2.45, 2.75) is 23.8 Å². The second-order valence-corrected chi connectivity index (χ2v) is 6.87. The van der Waals surface area contributed by atoms with E-state index in [9.17, 15) is 17.6 Å². The van der Waals surface area contributed by atoms with Gasteiger partial charge in [0.05, 0.1) is 4.90 Å². The molecule has 6 nitrogen and oxygen atoms in total. The van der Waals surface area contributed by atoms with E-state index in [1.54, 1.807) is 0 Å². The normalized spacial score (nSPS) is 23.9. The highest BCUT2D eigenvalue weighted by Gasteiger charge is 2.45. The summed E-state index contributed by atoms with van der Waals surface area (Å²) in [5.41, 5.74) is 4.37. The minimum atomic E-state index is -3.87. The highest BCUT2D eigenvalue weighted by atomic mass is 32.2. The molecule has 0 aromatic heterocycles. The van der Waals surface area contributed by atoms with Crippen LogP contribution in [0.2, 0.25) is 0 Å². The second kappa shape index (κ2) is 4.80. The first-order valence-corrected chi connectivity index (χ1v) is 7.39. The maximum absolute atomic E-state index is 13.0. The van der Waals surface area contributed by atoms with Crippen molar-refractivity contribution in [3.63, 3.8) is 0 Å². The monoisotopic (exact) mass is 302 g/mol. The van der Waals surface area contributed by atoms with E-state index >= 15 is 0 Å². The van der Waals surface area contributed by atoms with E-state index in [1.165, 1.54) is 13.0 Å². The van der Waals surface area contributed by atoms with Gasteiger partial charge in [-0.3, -0.25) is 4.79 Å². The summed E-state index contributed by atoms with van der Waals surface area (Å²) in [6.07, 6.45) is 0.0435. The number of carboxylic acid groups (broad SMARTS) is 1. The Hall–Kier alpha value is -1.51. The molecule has 1 aliphatic heterocycles. The lowest BCUT2D eigenvalue weighted by Crippen LogP contribution is -2.50. The van der Waals surface area contributed by atoms with Crippen molar-refractivity contribution in [3.05, 3.63) is 29.6 Å². The summed E-state index contributed by atoms with van der Waals surface area (Å²) in [4.78, 5) is 11.0. The Morgan fingerprint density at radius 3 is 2.65 bits per heavy atom. The maximum Gasteiger partial charge on any atom is 0.325 e. The Bertz CT molecular complexity index is 661. The molecule has 0 aliphatic carbocycles. The molecule has 1 unspecified atom stereocenters. The predicted molar refractivity (Wildman–Crippen MR) is 69.1 cm³/mol. The lowest BCUT2D eigenvalue weighted by atomic mass is 10.0. The molecule has 1 atom stereocenters. The zero-order chi connectivity index (χ0) is 15.1. The third-order valence-corrected chi connectivity index (χ3v) is 5.45. The van der Waals surface area contributed by atoms with Crippen molar-refractivity contribution in [1.29, 1.82) is 0 Å². The van der Waals surface area contributed by atoms with Gasteiger partial charge in [0.15, 0.2) is 0 Å². The van der Waals surface area contributed by atoms with Crippen molar-refractivity contribution >= 4 is 16.0 Å². The number of sulfonamides is 1. The van der Waals surface area contributed by atoms with Gasteiger partial charge in [-0.05, 0) is 37.1 Å². The largest absolute Gasteiger partial charge is 0.480 e. The topological polar surface area (TPSA) is 101 Å². The van der Waals surface area contributed by atoms with Crippen LogP contribution < -0.4 is 5.73 Å². The van der Waals surface area contributed by atoms with Crippen LogP contribution in [0.25, 0.3) is 0 Å². The number of halogens is 1. The highest BCUT2D eigenvalue weighted by Crippen LogP contribution is 2.27. The van der Waals surface area contributed by atoms with Crippen LogP contribution in [0.3, 0.4) is 0 Å². The number of nitrogens with two attached hydrogens (primary N) is 1. The van der Waals surface area contributed by atoms with Gasteiger partial charge in [-0.2, -0.15) is 4.31 Å². The van der Waals surface area contributed by atoms with Crippen LogP contribution in [-0.4, -0.2) is 42.4 Å². The number of aryl methyl sites for hydroxylation is 1. The minimum Gasteiger partial charge on any atom is -0.480 e. The van der Waals surface area contributed by atoms with E-state index in [-0.39, 0.29) is 30.0 Å². The fraction of sp³-hybridized carbons (Fsp3) is 0.417. The Morgan fingerprint density at radius 1 is 1.50 bits per heavy atom. The first kappa shape index (κ1) is 14.9. The molecule has 1 fully saturated rings. The van der Waals surface area contributed by atoms with Gasteiger partial charge in [0.25, 0.3) is 0 Å². The molecule has 0 amide bonds. The molecule has 0 bridgehead atoms. The summed E-state index contributed by atoms with van der Waals surface area (Å²) in [7, 11) is -3.87. The number of hydrogen-bond donors (Lipinski definition) is 2. The summed E-state index contributed by atoms with van der Waals surface area (Å²) >= 11 is 0. The average Bonchev–Trinajstić information content (AvgIpc) is 2.73. The van der Waals surface area contributed by atoms with E-state index in [2.05, 4.69) is 0 Å². The Morgan fingerprint density at radius 2 is 2.15 bits per heavy atom. The Balaban J connectivity index is 2.35. The zero-order valence-electron chi connectivity index (χ0n) is 10.8. The van der Waals surface area contributed by atoms with E-state index in [4.69, 9.17) is 10.8 Å². The van der Waals surface area contributed by atoms with Crippen LogP contribution in [-0.2, 0) is 14.8 Å². The summed E-state index contributed by atoms with van der Waals surface area (Å²) in [6, 6.07) is 3.36. The van der Waals surface area contributed by atoms with Crippen molar-refractivity contribution in [2.24, 2.45) is 5.73 Å². The van der Waals surface area contributed by atoms with Gasteiger partial charge in [0.2, 0.25) is 10.0 Å². The van der Waals surface area contributed by atoms with Crippen molar-refractivity contribution in [3.8, 4) is 0 Å². The van der Waals surface area contributed by atoms with E-state index in [0.717, 1.165) is 16.4 Å². The molecular formula is C12H15FN2O4S. The number of hydrogen-bond acceptors (Lipinski definition) is 4. The molecule has 2 rings (SSSR count). The average molecular weight is 302 g/mol. The van der Waals surface area contributed by atoms with E-state index in [0.29, 0.717) is 0 Å². The third kappa shape index (κ3) is 2.41.